The van der Waals surface area contributed by atoms with E-state index in [9.17, 15) is 0 Å². The lowest BCUT2D eigenvalue weighted by molar-refractivity contribution is 1.06. The van der Waals surface area contributed by atoms with Crippen LogP contribution < -0.4 is 0 Å². The van der Waals surface area contributed by atoms with Crippen LogP contribution in [0.25, 0.3) is 261 Å². The Hall–Kier alpha value is -19.4. The standard InChI is InChI=1S/C44H27N5.C42H27N5.C40H25N5/c1-4-16-33-28(11-1)14-9-20-36(33)43-46-42(47-44(48-43)37-21-10-15-29-12-2-5-17-34(29)37)31-25-32(27-45-26-31)49-39-22-8-7-19-38(39)41-35-18-6-3-13-30(35)23-24-40(41)49;1-3-11-28(12-4-1)29-19-21-32(22-20-29)41-44-40(31-14-5-2-6-15-31)45-42(46-41)33-25-34(27-43-26-33)47-37-18-10-9-17-36(37)39-35-16-8-7-13-30(35)23-24-38(39)47;1-2-13-28(14-3-1)38-42-39(44-40(43-38)33-19-10-15-26-11-4-6-16-31(26)33)29-23-30(25-41-24-29)45-35-20-9-8-18-34(35)37-32-17-7-5-12-27(32)21-22-36(37)45/h1-27H;1-27H;1-25H. The Labute approximate surface area is 808 Å². The van der Waals surface area contributed by atoms with Gasteiger partial charge in [-0.05, 0) is 130 Å². The zero-order chi connectivity index (χ0) is 93.2. The van der Waals surface area contributed by atoms with Gasteiger partial charge in [-0.2, -0.15) is 0 Å². The van der Waals surface area contributed by atoms with Crippen molar-refractivity contribution in [2.75, 3.05) is 0 Å². The highest BCUT2D eigenvalue weighted by molar-refractivity contribution is 6.24. The van der Waals surface area contributed by atoms with Crippen molar-refractivity contribution in [2.24, 2.45) is 0 Å². The van der Waals surface area contributed by atoms with Gasteiger partial charge in [0.15, 0.2) is 52.4 Å². The lowest BCUT2D eigenvalue weighted by Crippen LogP contribution is -2.02. The second-order valence-electron chi connectivity index (χ2n) is 35.1. The van der Waals surface area contributed by atoms with Crippen molar-refractivity contribution in [3.05, 3.63) is 480 Å². The lowest BCUT2D eigenvalue weighted by Gasteiger charge is -2.13. The minimum Gasteiger partial charge on any atom is -0.308 e. The molecular formula is C126H79N15. The van der Waals surface area contributed by atoms with E-state index in [0.717, 1.165) is 138 Å². The maximum atomic E-state index is 5.15. The predicted octanol–water partition coefficient (Wildman–Crippen LogP) is 30.7. The Morgan fingerprint density at radius 3 is 0.674 bits per heavy atom. The second kappa shape index (κ2) is 35.1. The molecule has 0 atom stereocenters. The zero-order valence-electron chi connectivity index (χ0n) is 75.8. The average Bonchev–Trinajstić information content (AvgIpc) is 1.58. The maximum Gasteiger partial charge on any atom is 0.165 e. The largest absolute Gasteiger partial charge is 0.308 e. The monoisotopic (exact) mass is 1800 g/mol. The topological polar surface area (TPSA) is 169 Å². The summed E-state index contributed by atoms with van der Waals surface area (Å²) in [5.74, 6) is 5.45. The van der Waals surface area contributed by atoms with Crippen LogP contribution in [-0.2, 0) is 0 Å². The average molecular weight is 1800 g/mol. The first-order valence-corrected chi connectivity index (χ1v) is 47.0. The van der Waals surface area contributed by atoms with Crippen LogP contribution >= 0.6 is 0 Å². The van der Waals surface area contributed by atoms with Gasteiger partial charge in [-0.15, -0.1) is 0 Å². The summed E-state index contributed by atoms with van der Waals surface area (Å²) in [6.45, 7) is 0. The molecule has 0 aliphatic rings. The Morgan fingerprint density at radius 1 is 0.135 bits per heavy atom. The number of fused-ring (bicyclic) bond motifs is 18. The summed E-state index contributed by atoms with van der Waals surface area (Å²) in [7, 11) is 0. The molecular weight excluding hydrogens is 1720 g/mol. The van der Waals surface area contributed by atoms with Crippen LogP contribution in [0.15, 0.2) is 480 Å². The van der Waals surface area contributed by atoms with Crippen molar-refractivity contribution in [1.29, 1.82) is 0 Å². The van der Waals surface area contributed by atoms with E-state index >= 15 is 0 Å². The van der Waals surface area contributed by atoms with Crippen molar-refractivity contribution >= 4 is 130 Å². The van der Waals surface area contributed by atoms with Crippen LogP contribution in [-0.4, -0.2) is 73.5 Å². The molecule has 9 heterocycles. The molecule has 0 amide bonds. The van der Waals surface area contributed by atoms with Gasteiger partial charge in [-0.25, -0.2) is 44.9 Å². The molecule has 658 valence electrons. The van der Waals surface area contributed by atoms with Crippen LogP contribution in [0.3, 0.4) is 0 Å². The molecule has 0 radical (unpaired) electrons. The highest BCUT2D eigenvalue weighted by Gasteiger charge is 2.25. The minimum absolute atomic E-state index is 0.571. The van der Waals surface area contributed by atoms with Gasteiger partial charge in [-0.3, -0.25) is 15.0 Å². The highest BCUT2D eigenvalue weighted by atomic mass is 15.1. The molecule has 0 fully saturated rings. The van der Waals surface area contributed by atoms with Crippen LogP contribution in [0.2, 0.25) is 0 Å². The summed E-state index contributed by atoms with van der Waals surface area (Å²) in [5.41, 5.74) is 20.0. The molecule has 15 heteroatoms. The fraction of sp³-hybridized carbons (Fsp3) is 0. The third-order valence-electron chi connectivity index (χ3n) is 26.7. The molecule has 15 nitrogen and oxygen atoms in total. The third kappa shape index (κ3) is 15.0. The van der Waals surface area contributed by atoms with Gasteiger partial charge in [0.25, 0.3) is 0 Å². The summed E-state index contributed by atoms with van der Waals surface area (Å²) in [4.78, 5) is 59.6. The van der Waals surface area contributed by atoms with E-state index in [-0.39, 0.29) is 0 Å². The molecule has 0 saturated carbocycles. The van der Waals surface area contributed by atoms with Gasteiger partial charge >= 0.3 is 0 Å². The quantitative estimate of drug-likeness (QED) is 0.107. The number of rotatable bonds is 13. The van der Waals surface area contributed by atoms with Crippen LogP contribution in [0.4, 0.5) is 0 Å². The van der Waals surface area contributed by atoms with Crippen LogP contribution in [0, 0.1) is 0 Å². The van der Waals surface area contributed by atoms with Gasteiger partial charge in [0, 0.05) is 101 Å². The van der Waals surface area contributed by atoms with Gasteiger partial charge in [0.2, 0.25) is 0 Å². The normalized spacial score (nSPS) is 11.5. The Balaban J connectivity index is 0.000000109. The Kier molecular flexibility index (Phi) is 20.5. The summed E-state index contributed by atoms with van der Waals surface area (Å²) in [5, 5.41) is 21.4. The molecule has 0 bridgehead atoms. The molecule has 0 N–H and O–H groups in total. The summed E-state index contributed by atoms with van der Waals surface area (Å²) >= 11 is 0. The van der Waals surface area contributed by atoms with Gasteiger partial charge in [-0.1, -0.05) is 388 Å². The maximum absolute atomic E-state index is 5.15. The van der Waals surface area contributed by atoms with Crippen molar-refractivity contribution in [2.45, 2.75) is 0 Å². The van der Waals surface area contributed by atoms with E-state index in [0.29, 0.717) is 52.4 Å². The molecule has 0 aliphatic carbocycles. The smallest absolute Gasteiger partial charge is 0.165 e. The van der Waals surface area contributed by atoms with Crippen molar-refractivity contribution in [3.63, 3.8) is 0 Å². The number of hydrogen-bond acceptors (Lipinski definition) is 12. The summed E-state index contributed by atoms with van der Waals surface area (Å²) in [6.07, 6.45) is 11.3. The fourth-order valence-corrected chi connectivity index (χ4v) is 20.2. The van der Waals surface area contributed by atoms with Crippen molar-refractivity contribution < 1.29 is 0 Å². The Bertz CT molecular complexity index is 9670. The molecule has 0 spiro atoms. The molecule has 19 aromatic carbocycles. The molecule has 0 saturated heterocycles. The van der Waals surface area contributed by atoms with Crippen molar-refractivity contribution in [3.8, 4) is 131 Å². The van der Waals surface area contributed by atoms with E-state index in [1.807, 2.05) is 110 Å². The number of para-hydroxylation sites is 3. The van der Waals surface area contributed by atoms with E-state index in [4.69, 9.17) is 59.8 Å². The molecule has 141 heavy (non-hydrogen) atoms. The highest BCUT2D eigenvalue weighted by Crippen LogP contribution is 2.44. The second-order valence-corrected chi connectivity index (χ2v) is 35.1. The van der Waals surface area contributed by atoms with E-state index in [1.165, 1.54) is 70.2 Å². The van der Waals surface area contributed by atoms with E-state index in [1.54, 1.807) is 0 Å². The number of nitrogens with zero attached hydrogens (tertiary/aromatic N) is 15. The summed E-state index contributed by atoms with van der Waals surface area (Å²) < 4.78 is 6.88. The first-order valence-electron chi connectivity index (χ1n) is 47.0. The van der Waals surface area contributed by atoms with Gasteiger partial charge < -0.3 is 13.7 Å². The lowest BCUT2D eigenvalue weighted by atomic mass is 10.0. The SMILES string of the molecule is c1ccc(-c2ccc(-c3nc(-c4ccccc4)nc(-c4cncc(-n5c6ccccc6c6c7ccccc7ccc65)c4)n3)cc2)cc1.c1ccc(-c2nc(-c3cncc(-n4c5ccccc5c5c6ccccc6ccc54)c3)nc(-c3cccc4ccccc34)n2)cc1.c1ccc2c(-c3nc(-c4cncc(-n5c6ccccc6c6c7ccccc7ccc65)c4)nc(-c4cccc5ccccc45)n3)cccc2c1. The van der Waals surface area contributed by atoms with Crippen LogP contribution in [0.5, 0.6) is 0 Å². The molecule has 0 aliphatic heterocycles. The number of pyridine rings is 3. The third-order valence-corrected chi connectivity index (χ3v) is 26.7. The van der Waals surface area contributed by atoms with Crippen molar-refractivity contribution in [1.82, 2.24) is 73.5 Å². The van der Waals surface area contributed by atoms with Gasteiger partial charge in [0.05, 0.1) is 68.8 Å². The summed E-state index contributed by atoms with van der Waals surface area (Å²) in [6, 6.07) is 154. The van der Waals surface area contributed by atoms with Gasteiger partial charge in [0.1, 0.15) is 0 Å². The zero-order valence-corrected chi connectivity index (χ0v) is 75.8. The number of benzene rings is 19. The Morgan fingerprint density at radius 2 is 0.355 bits per heavy atom. The van der Waals surface area contributed by atoms with E-state index in [2.05, 4.69) is 384 Å². The van der Waals surface area contributed by atoms with E-state index < -0.39 is 0 Å². The predicted molar refractivity (Wildman–Crippen MR) is 575 cm³/mol. The number of aromatic nitrogens is 15. The minimum atomic E-state index is 0.571. The number of hydrogen-bond donors (Lipinski definition) is 0. The first kappa shape index (κ1) is 82.3. The molecule has 9 aromatic heterocycles. The first-order chi connectivity index (χ1) is 69.9. The molecule has 28 rings (SSSR count). The molecule has 28 aromatic rings. The fourth-order valence-electron chi connectivity index (χ4n) is 20.2. The van der Waals surface area contributed by atoms with Crippen LogP contribution in [0.1, 0.15) is 0 Å². The molecule has 0 unspecified atom stereocenters.